The van der Waals surface area contributed by atoms with Crippen molar-refractivity contribution in [2.75, 3.05) is 19.7 Å². The fourth-order valence-corrected chi connectivity index (χ4v) is 4.58. The van der Waals surface area contributed by atoms with Gasteiger partial charge >= 0.3 is 0 Å². The molecular weight excluding hydrogens is 402 g/mol. The molecule has 0 aromatic heterocycles. The van der Waals surface area contributed by atoms with E-state index in [0.717, 1.165) is 23.3 Å². The van der Waals surface area contributed by atoms with Crippen LogP contribution in [0.25, 0.3) is 0 Å². The van der Waals surface area contributed by atoms with E-state index in [9.17, 15) is 9.59 Å². The molecule has 2 aromatic carbocycles. The third-order valence-corrected chi connectivity index (χ3v) is 6.87. The fraction of sp³-hybridized carbons (Fsp3) is 0.481. The number of carbonyl (C=O) groups excluding carboxylic acids is 2. The Bertz CT molecular complexity index is 987. The molecule has 1 amide bonds. The molecule has 0 aliphatic carbocycles. The molecule has 0 unspecified atom stereocenters. The summed E-state index contributed by atoms with van der Waals surface area (Å²) in [6.07, 6.45) is 3.96. The zero-order valence-electron chi connectivity index (χ0n) is 19.4. The predicted octanol–water partition coefficient (Wildman–Crippen LogP) is 5.05. The van der Waals surface area contributed by atoms with Crippen LogP contribution in [0.1, 0.15) is 66.1 Å². The van der Waals surface area contributed by atoms with E-state index < -0.39 is 5.60 Å². The molecule has 0 bridgehead atoms. The van der Waals surface area contributed by atoms with Gasteiger partial charge in [-0.2, -0.15) is 0 Å². The minimum Gasteiger partial charge on any atom is -0.494 e. The van der Waals surface area contributed by atoms with Gasteiger partial charge in [0.15, 0.2) is 5.78 Å². The summed E-state index contributed by atoms with van der Waals surface area (Å²) in [6.45, 7) is 7.97. The molecule has 32 heavy (non-hydrogen) atoms. The van der Waals surface area contributed by atoms with Crippen LogP contribution in [0, 0.1) is 13.8 Å². The van der Waals surface area contributed by atoms with Crippen LogP contribution in [-0.2, 0) is 11.2 Å². The minimum atomic E-state index is -0.476. The smallest absolute Gasteiger partial charge is 0.222 e. The zero-order valence-corrected chi connectivity index (χ0v) is 19.4. The Hall–Kier alpha value is -2.82. The van der Waals surface area contributed by atoms with Crippen LogP contribution in [0.3, 0.4) is 0 Å². The Morgan fingerprint density at radius 3 is 2.47 bits per heavy atom. The molecule has 2 heterocycles. The van der Waals surface area contributed by atoms with Crippen molar-refractivity contribution in [2.45, 2.75) is 64.9 Å². The lowest BCUT2D eigenvalue weighted by atomic mass is 9.82. The van der Waals surface area contributed by atoms with Gasteiger partial charge < -0.3 is 14.4 Å². The van der Waals surface area contributed by atoms with Crippen LogP contribution in [0.4, 0.5) is 0 Å². The molecule has 1 spiro atoms. The molecule has 0 saturated carbocycles. The van der Waals surface area contributed by atoms with Gasteiger partial charge in [-0.3, -0.25) is 9.59 Å². The number of ether oxygens (including phenoxy) is 2. The molecular formula is C27H33NO4. The maximum absolute atomic E-state index is 12.8. The van der Waals surface area contributed by atoms with E-state index in [1.165, 1.54) is 5.56 Å². The Balaban J connectivity index is 1.25. The van der Waals surface area contributed by atoms with Gasteiger partial charge in [0.1, 0.15) is 17.1 Å². The van der Waals surface area contributed by atoms with Crippen LogP contribution in [0.15, 0.2) is 36.4 Å². The first-order chi connectivity index (χ1) is 15.4. The standard InChI is InChI=1S/C27H33NO4/c1-4-21-7-9-22(10-8-21)31-15-5-6-26(30)28-13-11-27(12-14-28)18-24(29)23-16-19(2)20(3)17-25(23)32-27/h7-10,16-17H,4-6,11-15,18H2,1-3H3. The Kier molecular flexibility index (Phi) is 6.54. The highest BCUT2D eigenvalue weighted by atomic mass is 16.5. The van der Waals surface area contributed by atoms with Crippen LogP contribution in [0.5, 0.6) is 11.5 Å². The van der Waals surface area contributed by atoms with E-state index in [2.05, 4.69) is 19.1 Å². The first-order valence-electron chi connectivity index (χ1n) is 11.7. The molecule has 5 heteroatoms. The van der Waals surface area contributed by atoms with Crippen molar-refractivity contribution >= 4 is 11.7 Å². The summed E-state index contributed by atoms with van der Waals surface area (Å²) in [5.41, 5.74) is 3.74. The third kappa shape index (κ3) is 4.82. The summed E-state index contributed by atoms with van der Waals surface area (Å²) >= 11 is 0. The van der Waals surface area contributed by atoms with Gasteiger partial charge in [0, 0.05) is 32.4 Å². The lowest BCUT2D eigenvalue weighted by molar-refractivity contribution is -0.135. The molecule has 0 atom stereocenters. The molecule has 4 rings (SSSR count). The molecule has 2 aromatic rings. The second-order valence-electron chi connectivity index (χ2n) is 9.15. The second-order valence-corrected chi connectivity index (χ2v) is 9.15. The number of fused-ring (bicyclic) bond motifs is 1. The van der Waals surface area contributed by atoms with Gasteiger partial charge in [-0.25, -0.2) is 0 Å². The highest BCUT2D eigenvalue weighted by Crippen LogP contribution is 2.40. The van der Waals surface area contributed by atoms with E-state index in [1.807, 2.05) is 43.0 Å². The van der Waals surface area contributed by atoms with Crippen molar-refractivity contribution in [2.24, 2.45) is 0 Å². The van der Waals surface area contributed by atoms with E-state index >= 15 is 0 Å². The predicted molar refractivity (Wildman–Crippen MR) is 125 cm³/mol. The quantitative estimate of drug-likeness (QED) is 0.596. The van der Waals surface area contributed by atoms with E-state index in [-0.39, 0.29) is 11.7 Å². The van der Waals surface area contributed by atoms with Gasteiger partial charge in [-0.1, -0.05) is 19.1 Å². The molecule has 170 valence electrons. The molecule has 5 nitrogen and oxygen atoms in total. The Morgan fingerprint density at radius 2 is 1.78 bits per heavy atom. The first kappa shape index (κ1) is 22.4. The van der Waals surface area contributed by atoms with Crippen LogP contribution < -0.4 is 9.47 Å². The molecule has 1 fully saturated rings. The number of piperidine rings is 1. The molecule has 1 saturated heterocycles. The van der Waals surface area contributed by atoms with Crippen molar-refractivity contribution in [1.29, 1.82) is 0 Å². The molecule has 2 aliphatic rings. The number of hydrogen-bond donors (Lipinski definition) is 0. The van der Waals surface area contributed by atoms with Crippen LogP contribution in [-0.4, -0.2) is 41.9 Å². The zero-order chi connectivity index (χ0) is 22.7. The lowest BCUT2D eigenvalue weighted by Crippen LogP contribution is -2.52. The second kappa shape index (κ2) is 9.35. The van der Waals surface area contributed by atoms with Gasteiger partial charge in [0.25, 0.3) is 0 Å². The third-order valence-electron chi connectivity index (χ3n) is 6.87. The highest BCUT2D eigenvalue weighted by Gasteiger charge is 2.43. The summed E-state index contributed by atoms with van der Waals surface area (Å²) in [5.74, 6) is 1.85. The highest BCUT2D eigenvalue weighted by molar-refractivity contribution is 6.00. The molecule has 0 radical (unpaired) electrons. The number of likely N-dealkylation sites (tertiary alicyclic amines) is 1. The van der Waals surface area contributed by atoms with Gasteiger partial charge in [0.2, 0.25) is 5.91 Å². The summed E-state index contributed by atoms with van der Waals surface area (Å²) in [7, 11) is 0. The summed E-state index contributed by atoms with van der Waals surface area (Å²) in [5, 5.41) is 0. The van der Waals surface area contributed by atoms with Crippen molar-refractivity contribution in [3.05, 3.63) is 58.7 Å². The van der Waals surface area contributed by atoms with Crippen molar-refractivity contribution in [3.8, 4) is 11.5 Å². The maximum Gasteiger partial charge on any atom is 0.222 e. The number of benzene rings is 2. The van der Waals surface area contributed by atoms with E-state index in [4.69, 9.17) is 9.47 Å². The Labute approximate surface area is 190 Å². The van der Waals surface area contributed by atoms with Gasteiger partial charge in [0.05, 0.1) is 18.6 Å². The van der Waals surface area contributed by atoms with Crippen molar-refractivity contribution in [3.63, 3.8) is 0 Å². The number of aryl methyl sites for hydroxylation is 3. The molecule has 2 aliphatic heterocycles. The van der Waals surface area contributed by atoms with Crippen molar-refractivity contribution in [1.82, 2.24) is 4.90 Å². The minimum absolute atomic E-state index is 0.151. The van der Waals surface area contributed by atoms with Gasteiger partial charge in [-0.15, -0.1) is 0 Å². The summed E-state index contributed by atoms with van der Waals surface area (Å²) in [4.78, 5) is 27.4. The first-order valence-corrected chi connectivity index (χ1v) is 11.7. The number of nitrogens with zero attached hydrogens (tertiary/aromatic N) is 1. The number of amides is 1. The largest absolute Gasteiger partial charge is 0.494 e. The number of carbonyl (C=O) groups is 2. The van der Waals surface area contributed by atoms with Crippen LogP contribution in [0.2, 0.25) is 0 Å². The number of hydrogen-bond acceptors (Lipinski definition) is 4. The monoisotopic (exact) mass is 435 g/mol. The van der Waals surface area contributed by atoms with E-state index in [1.54, 1.807) is 0 Å². The van der Waals surface area contributed by atoms with Crippen molar-refractivity contribution < 1.29 is 19.1 Å². The average Bonchev–Trinajstić information content (AvgIpc) is 2.79. The lowest BCUT2D eigenvalue weighted by Gasteiger charge is -2.44. The SMILES string of the molecule is CCc1ccc(OCCCC(=O)N2CCC3(CC2)CC(=O)c2cc(C)c(C)cc2O3)cc1. The average molecular weight is 436 g/mol. The summed E-state index contributed by atoms with van der Waals surface area (Å²) < 4.78 is 12.1. The number of ketones is 1. The number of Topliss-reactive ketones (excluding diaryl/α,β-unsaturated/α-hetero) is 1. The maximum atomic E-state index is 12.8. The van der Waals surface area contributed by atoms with Gasteiger partial charge in [-0.05, 0) is 67.6 Å². The summed E-state index contributed by atoms with van der Waals surface area (Å²) in [6, 6.07) is 12.0. The Morgan fingerprint density at radius 1 is 1.09 bits per heavy atom. The topological polar surface area (TPSA) is 55.8 Å². The normalized spacial score (nSPS) is 17.1. The molecule has 0 N–H and O–H groups in total. The van der Waals surface area contributed by atoms with Crippen LogP contribution >= 0.6 is 0 Å². The fourth-order valence-electron chi connectivity index (χ4n) is 4.58. The van der Waals surface area contributed by atoms with E-state index in [0.29, 0.717) is 63.1 Å². The number of rotatable bonds is 6.